The summed E-state index contributed by atoms with van der Waals surface area (Å²) in [4.78, 5) is 24.5. The summed E-state index contributed by atoms with van der Waals surface area (Å²) in [5.74, 6) is -0.471. The number of benzene rings is 3. The van der Waals surface area contributed by atoms with Crippen LogP contribution in [0.4, 0.5) is 5.69 Å². The molecular weight excluding hydrogens is 551 g/mol. The number of carbonyl (C=O) groups excluding carboxylic acids is 2. The van der Waals surface area contributed by atoms with Crippen molar-refractivity contribution in [1.29, 1.82) is 5.26 Å². The molecule has 0 aliphatic heterocycles. The van der Waals surface area contributed by atoms with Gasteiger partial charge in [0.05, 0.1) is 23.8 Å². The van der Waals surface area contributed by atoms with Gasteiger partial charge in [-0.3, -0.25) is 4.79 Å². The van der Waals surface area contributed by atoms with Crippen LogP contribution >= 0.6 is 34.8 Å². The number of rotatable bonds is 10. The summed E-state index contributed by atoms with van der Waals surface area (Å²) < 4.78 is 16.5. The number of carbonyl (C=O) groups is 2. The van der Waals surface area contributed by atoms with Crippen molar-refractivity contribution < 1.29 is 23.8 Å². The smallest absolute Gasteiger partial charge is 0.338 e. The summed E-state index contributed by atoms with van der Waals surface area (Å²) in [6.07, 6.45) is 1.39. The van der Waals surface area contributed by atoms with E-state index in [1.165, 1.54) is 18.2 Å². The number of halogens is 3. The van der Waals surface area contributed by atoms with Gasteiger partial charge in [-0.05, 0) is 74.0 Å². The topological polar surface area (TPSA) is 97.7 Å². The fourth-order valence-corrected chi connectivity index (χ4v) is 4.02. The Labute approximate surface area is 235 Å². The van der Waals surface area contributed by atoms with E-state index < -0.39 is 11.9 Å². The molecule has 3 aromatic carbocycles. The standard InChI is InChI=1S/C28H23Cl3N2O5/c1-3-36-25-13-17(12-24(31)26(25)38-16-19-5-8-21(29)14-23(19)30)11-20(15-32)27(34)33-22-9-6-18(7-10-22)28(35)37-4-2/h5-14H,3-4,16H2,1-2H3,(H,33,34)/b20-11+. The molecule has 0 atom stereocenters. The Morgan fingerprint density at radius 3 is 2.32 bits per heavy atom. The first-order chi connectivity index (χ1) is 18.2. The summed E-state index contributed by atoms with van der Waals surface area (Å²) in [7, 11) is 0. The average Bonchev–Trinajstić information content (AvgIpc) is 2.88. The summed E-state index contributed by atoms with van der Waals surface area (Å²) in [6, 6.07) is 16.3. The van der Waals surface area contributed by atoms with E-state index in [0.717, 1.165) is 0 Å². The number of hydrogen-bond acceptors (Lipinski definition) is 6. The van der Waals surface area contributed by atoms with Crippen LogP contribution in [0.1, 0.15) is 35.3 Å². The number of nitriles is 1. The van der Waals surface area contributed by atoms with Crippen LogP contribution < -0.4 is 14.8 Å². The molecule has 196 valence electrons. The zero-order chi connectivity index (χ0) is 27.7. The van der Waals surface area contributed by atoms with Crippen LogP contribution in [0.25, 0.3) is 6.08 Å². The van der Waals surface area contributed by atoms with Crippen molar-refractivity contribution in [2.75, 3.05) is 18.5 Å². The maximum absolute atomic E-state index is 12.7. The Balaban J connectivity index is 1.80. The van der Waals surface area contributed by atoms with Gasteiger partial charge in [0.2, 0.25) is 0 Å². The first-order valence-electron chi connectivity index (χ1n) is 11.5. The van der Waals surface area contributed by atoms with Gasteiger partial charge in [0.15, 0.2) is 11.5 Å². The van der Waals surface area contributed by atoms with E-state index in [9.17, 15) is 14.9 Å². The molecule has 0 heterocycles. The van der Waals surface area contributed by atoms with Gasteiger partial charge in [0.1, 0.15) is 18.2 Å². The Kier molecular flexibility index (Phi) is 10.4. The highest BCUT2D eigenvalue weighted by Crippen LogP contribution is 2.38. The summed E-state index contributed by atoms with van der Waals surface area (Å²) in [6.45, 7) is 4.22. The van der Waals surface area contributed by atoms with Crippen LogP contribution in [0, 0.1) is 11.3 Å². The molecule has 0 fully saturated rings. The Morgan fingerprint density at radius 2 is 1.68 bits per heavy atom. The van der Waals surface area contributed by atoms with Gasteiger partial charge in [-0.25, -0.2) is 4.79 Å². The van der Waals surface area contributed by atoms with Crippen molar-refractivity contribution in [1.82, 2.24) is 0 Å². The molecule has 0 bridgehead atoms. The van der Waals surface area contributed by atoms with Gasteiger partial charge in [0, 0.05) is 21.3 Å². The molecule has 1 amide bonds. The predicted molar refractivity (Wildman–Crippen MR) is 148 cm³/mol. The van der Waals surface area contributed by atoms with Gasteiger partial charge < -0.3 is 19.5 Å². The number of anilines is 1. The number of nitrogens with one attached hydrogen (secondary N) is 1. The molecule has 7 nitrogen and oxygen atoms in total. The molecule has 0 saturated heterocycles. The van der Waals surface area contributed by atoms with E-state index in [0.29, 0.717) is 50.5 Å². The summed E-state index contributed by atoms with van der Waals surface area (Å²) in [5, 5.41) is 13.4. The van der Waals surface area contributed by atoms with Gasteiger partial charge in [-0.2, -0.15) is 5.26 Å². The van der Waals surface area contributed by atoms with Crippen molar-refractivity contribution in [3.05, 3.63) is 91.9 Å². The first kappa shape index (κ1) is 28.9. The van der Waals surface area contributed by atoms with E-state index >= 15 is 0 Å². The van der Waals surface area contributed by atoms with Crippen LogP contribution in [0.3, 0.4) is 0 Å². The minimum Gasteiger partial charge on any atom is -0.490 e. The van der Waals surface area contributed by atoms with E-state index in [1.54, 1.807) is 56.3 Å². The molecule has 1 N–H and O–H groups in total. The third-order valence-corrected chi connectivity index (χ3v) is 5.92. The molecule has 0 unspecified atom stereocenters. The number of hydrogen-bond donors (Lipinski definition) is 1. The van der Waals surface area contributed by atoms with Crippen LogP contribution in [0.15, 0.2) is 60.2 Å². The largest absolute Gasteiger partial charge is 0.490 e. The zero-order valence-corrected chi connectivity index (χ0v) is 22.8. The monoisotopic (exact) mass is 572 g/mol. The van der Waals surface area contributed by atoms with Crippen molar-refractivity contribution in [2.24, 2.45) is 0 Å². The van der Waals surface area contributed by atoms with Gasteiger partial charge in [0.25, 0.3) is 5.91 Å². The third kappa shape index (κ3) is 7.65. The molecule has 3 rings (SSSR count). The van der Waals surface area contributed by atoms with Gasteiger partial charge in [-0.1, -0.05) is 40.9 Å². The van der Waals surface area contributed by atoms with Crippen LogP contribution in [-0.4, -0.2) is 25.1 Å². The quantitative estimate of drug-likeness (QED) is 0.155. The minimum atomic E-state index is -0.636. The lowest BCUT2D eigenvalue weighted by Crippen LogP contribution is -2.13. The molecule has 3 aromatic rings. The van der Waals surface area contributed by atoms with E-state index in [4.69, 9.17) is 49.0 Å². The second-order valence-corrected chi connectivity index (χ2v) is 8.96. The molecule has 10 heteroatoms. The van der Waals surface area contributed by atoms with Crippen LogP contribution in [0.5, 0.6) is 11.5 Å². The highest BCUT2D eigenvalue weighted by molar-refractivity contribution is 6.35. The second kappa shape index (κ2) is 13.7. The second-order valence-electron chi connectivity index (χ2n) is 7.71. The predicted octanol–water partition coefficient (Wildman–Crippen LogP) is 7.35. The van der Waals surface area contributed by atoms with E-state index in [1.807, 2.05) is 6.07 Å². The van der Waals surface area contributed by atoms with Crippen molar-refractivity contribution in [3.63, 3.8) is 0 Å². The lowest BCUT2D eigenvalue weighted by molar-refractivity contribution is -0.112. The number of esters is 1. The summed E-state index contributed by atoms with van der Waals surface area (Å²) in [5.41, 5.74) is 1.75. The molecule has 0 spiro atoms. The third-order valence-electron chi connectivity index (χ3n) is 5.05. The van der Waals surface area contributed by atoms with Crippen molar-refractivity contribution in [2.45, 2.75) is 20.5 Å². The maximum atomic E-state index is 12.7. The normalized spacial score (nSPS) is 10.9. The SMILES string of the molecule is CCOC(=O)c1ccc(NC(=O)/C(C#N)=C/c2cc(Cl)c(OCc3ccc(Cl)cc3Cl)c(OCC)c2)cc1. The molecular formula is C28H23Cl3N2O5. The van der Waals surface area contributed by atoms with Crippen LogP contribution in [-0.2, 0) is 16.1 Å². The van der Waals surface area contributed by atoms with Gasteiger partial charge >= 0.3 is 5.97 Å². The highest BCUT2D eigenvalue weighted by Gasteiger charge is 2.16. The maximum Gasteiger partial charge on any atom is 0.338 e. The molecule has 38 heavy (non-hydrogen) atoms. The van der Waals surface area contributed by atoms with E-state index in [2.05, 4.69) is 5.32 Å². The molecule has 0 radical (unpaired) electrons. The molecule has 0 aliphatic rings. The lowest BCUT2D eigenvalue weighted by Gasteiger charge is -2.15. The lowest BCUT2D eigenvalue weighted by atomic mass is 10.1. The zero-order valence-electron chi connectivity index (χ0n) is 20.5. The average molecular weight is 574 g/mol. The fraction of sp³-hybridized carbons (Fsp3) is 0.179. The van der Waals surface area contributed by atoms with Crippen molar-refractivity contribution >= 4 is 58.4 Å². The van der Waals surface area contributed by atoms with Gasteiger partial charge in [-0.15, -0.1) is 0 Å². The van der Waals surface area contributed by atoms with E-state index in [-0.39, 0.29) is 23.8 Å². The molecule has 0 saturated carbocycles. The fourth-order valence-electron chi connectivity index (χ4n) is 3.28. The summed E-state index contributed by atoms with van der Waals surface area (Å²) >= 11 is 18.7. The molecule has 0 aliphatic carbocycles. The Bertz CT molecular complexity index is 1400. The number of nitrogens with zero attached hydrogens (tertiary/aromatic N) is 1. The Morgan fingerprint density at radius 1 is 0.947 bits per heavy atom. The van der Waals surface area contributed by atoms with Crippen LogP contribution in [0.2, 0.25) is 15.1 Å². The Hall–Kier alpha value is -3.70. The minimum absolute atomic E-state index is 0.117. The van der Waals surface area contributed by atoms with Crippen molar-refractivity contribution in [3.8, 4) is 17.6 Å². The number of ether oxygens (including phenoxy) is 3. The first-order valence-corrected chi connectivity index (χ1v) is 12.6. The molecule has 0 aromatic heterocycles. The number of amides is 1. The highest BCUT2D eigenvalue weighted by atomic mass is 35.5.